The minimum absolute atomic E-state index is 0.0632. The number of benzene rings is 1. The van der Waals surface area contributed by atoms with Crippen LogP contribution in [-0.4, -0.2) is 24.2 Å². The van der Waals surface area contributed by atoms with Crippen molar-refractivity contribution in [3.63, 3.8) is 0 Å². The number of carbonyl (C=O) groups excluding carboxylic acids is 1. The van der Waals surface area contributed by atoms with E-state index in [4.69, 9.17) is 0 Å². The lowest BCUT2D eigenvalue weighted by atomic mass is 9.89. The minimum Gasteiger partial charge on any atom is -0.396 e. The van der Waals surface area contributed by atoms with Crippen molar-refractivity contribution >= 4 is 5.91 Å². The van der Waals surface area contributed by atoms with Gasteiger partial charge in [0.15, 0.2) is 0 Å². The Morgan fingerprint density at radius 1 is 1.29 bits per heavy atom. The lowest BCUT2D eigenvalue weighted by molar-refractivity contribution is -0.122. The molecule has 0 saturated carbocycles. The fraction of sp³-hybridized carbons (Fsp3) is 0.611. The zero-order valence-corrected chi connectivity index (χ0v) is 13.8. The molecule has 1 aromatic carbocycles. The van der Waals surface area contributed by atoms with E-state index in [1.807, 2.05) is 32.9 Å². The number of carbonyl (C=O) groups is 1. The van der Waals surface area contributed by atoms with Crippen LogP contribution in [0.3, 0.4) is 0 Å². The van der Waals surface area contributed by atoms with Gasteiger partial charge in [0.05, 0.1) is 5.92 Å². The molecule has 0 bridgehead atoms. The van der Waals surface area contributed by atoms with E-state index >= 15 is 0 Å². The molecule has 0 aliphatic heterocycles. The fourth-order valence-electron chi connectivity index (χ4n) is 2.20. The summed E-state index contributed by atoms with van der Waals surface area (Å²) in [7, 11) is 0. The van der Waals surface area contributed by atoms with E-state index in [-0.39, 0.29) is 23.8 Å². The first-order valence-corrected chi connectivity index (χ1v) is 7.87. The highest BCUT2D eigenvalue weighted by Gasteiger charge is 2.17. The van der Waals surface area contributed by atoms with E-state index in [2.05, 4.69) is 24.4 Å². The number of aryl methyl sites for hydroxylation is 1. The summed E-state index contributed by atoms with van der Waals surface area (Å²) in [6.07, 6.45) is 2.81. The SMILES string of the molecule is CCc1ccc(C(C)C(=O)NCCCC(C)(C)CO)cc1. The van der Waals surface area contributed by atoms with Gasteiger partial charge in [0.2, 0.25) is 5.91 Å². The summed E-state index contributed by atoms with van der Waals surface area (Å²) in [5.74, 6) is -0.0530. The molecule has 0 saturated heterocycles. The molecule has 1 atom stereocenters. The standard InChI is InChI=1S/C18H29NO2/c1-5-15-7-9-16(10-8-15)14(2)17(21)19-12-6-11-18(3,4)13-20/h7-10,14,20H,5-6,11-13H2,1-4H3,(H,19,21). The van der Waals surface area contributed by atoms with Crippen LogP contribution in [0.5, 0.6) is 0 Å². The topological polar surface area (TPSA) is 49.3 Å². The highest BCUT2D eigenvalue weighted by molar-refractivity contribution is 5.83. The third-order valence-corrected chi connectivity index (χ3v) is 4.04. The Bertz CT molecular complexity index is 437. The van der Waals surface area contributed by atoms with Crippen molar-refractivity contribution in [2.75, 3.05) is 13.2 Å². The lowest BCUT2D eigenvalue weighted by Crippen LogP contribution is -2.30. The average Bonchev–Trinajstić information content (AvgIpc) is 2.50. The summed E-state index contributed by atoms with van der Waals surface area (Å²) in [4.78, 5) is 12.1. The van der Waals surface area contributed by atoms with Crippen molar-refractivity contribution < 1.29 is 9.90 Å². The van der Waals surface area contributed by atoms with Crippen molar-refractivity contribution in [2.45, 2.75) is 52.9 Å². The van der Waals surface area contributed by atoms with Gasteiger partial charge < -0.3 is 10.4 Å². The molecular formula is C18H29NO2. The van der Waals surface area contributed by atoms with Crippen molar-refractivity contribution in [3.05, 3.63) is 35.4 Å². The van der Waals surface area contributed by atoms with Crippen molar-refractivity contribution in [1.29, 1.82) is 0 Å². The molecule has 0 aromatic heterocycles. The van der Waals surface area contributed by atoms with Gasteiger partial charge in [0.1, 0.15) is 0 Å². The monoisotopic (exact) mass is 291 g/mol. The molecule has 0 heterocycles. The normalized spacial score (nSPS) is 13.0. The van der Waals surface area contributed by atoms with Gasteiger partial charge in [-0.3, -0.25) is 4.79 Å². The zero-order chi connectivity index (χ0) is 15.9. The van der Waals surface area contributed by atoms with Crippen LogP contribution in [0.15, 0.2) is 24.3 Å². The third kappa shape index (κ3) is 5.88. The Balaban J connectivity index is 2.40. The molecule has 3 nitrogen and oxygen atoms in total. The zero-order valence-electron chi connectivity index (χ0n) is 13.8. The molecule has 0 fully saturated rings. The van der Waals surface area contributed by atoms with Gasteiger partial charge in [0, 0.05) is 13.2 Å². The Morgan fingerprint density at radius 2 is 1.90 bits per heavy atom. The number of hydrogen-bond donors (Lipinski definition) is 2. The molecule has 1 aromatic rings. The summed E-state index contributed by atoms with van der Waals surface area (Å²) in [6, 6.07) is 8.25. The average molecular weight is 291 g/mol. The smallest absolute Gasteiger partial charge is 0.227 e. The molecule has 0 spiro atoms. The number of amides is 1. The highest BCUT2D eigenvalue weighted by atomic mass is 16.3. The van der Waals surface area contributed by atoms with Crippen molar-refractivity contribution in [2.24, 2.45) is 5.41 Å². The van der Waals surface area contributed by atoms with Crippen LogP contribution < -0.4 is 5.32 Å². The number of rotatable bonds is 8. The number of hydrogen-bond acceptors (Lipinski definition) is 2. The predicted molar refractivity (Wildman–Crippen MR) is 87.3 cm³/mol. The van der Waals surface area contributed by atoms with Gasteiger partial charge in [-0.15, -0.1) is 0 Å². The number of nitrogens with one attached hydrogen (secondary N) is 1. The van der Waals surface area contributed by atoms with E-state index in [9.17, 15) is 9.90 Å². The van der Waals surface area contributed by atoms with E-state index in [1.165, 1.54) is 5.56 Å². The third-order valence-electron chi connectivity index (χ3n) is 4.04. The maximum atomic E-state index is 12.1. The van der Waals surface area contributed by atoms with Crippen LogP contribution in [0.2, 0.25) is 0 Å². The maximum Gasteiger partial charge on any atom is 0.227 e. The molecule has 21 heavy (non-hydrogen) atoms. The summed E-state index contributed by atoms with van der Waals surface area (Å²) in [5, 5.41) is 12.2. The van der Waals surface area contributed by atoms with Crippen molar-refractivity contribution in [3.8, 4) is 0 Å². The Labute approximate surface area is 128 Å². The molecule has 1 amide bonds. The lowest BCUT2D eigenvalue weighted by Gasteiger charge is -2.21. The Morgan fingerprint density at radius 3 is 2.43 bits per heavy atom. The molecule has 118 valence electrons. The van der Waals surface area contributed by atoms with Gasteiger partial charge in [-0.05, 0) is 42.7 Å². The number of aliphatic hydroxyl groups is 1. The summed E-state index contributed by atoms with van der Waals surface area (Å²) < 4.78 is 0. The predicted octanol–water partition coefficient (Wildman–Crippen LogP) is 3.27. The van der Waals surface area contributed by atoms with Gasteiger partial charge in [0.25, 0.3) is 0 Å². The van der Waals surface area contributed by atoms with Gasteiger partial charge in [-0.2, -0.15) is 0 Å². The van der Waals surface area contributed by atoms with Gasteiger partial charge in [-0.25, -0.2) is 0 Å². The van der Waals surface area contributed by atoms with E-state index in [0.717, 1.165) is 24.8 Å². The molecule has 0 aliphatic rings. The quantitative estimate of drug-likeness (QED) is 0.722. The van der Waals surface area contributed by atoms with Crippen LogP contribution in [0.4, 0.5) is 0 Å². The van der Waals surface area contributed by atoms with Gasteiger partial charge in [-0.1, -0.05) is 45.0 Å². The second kappa shape index (κ2) is 8.18. The second-order valence-electron chi connectivity index (χ2n) is 6.53. The van der Waals surface area contributed by atoms with Gasteiger partial charge >= 0.3 is 0 Å². The van der Waals surface area contributed by atoms with Crippen LogP contribution in [0, 0.1) is 5.41 Å². The summed E-state index contributed by atoms with van der Waals surface area (Å²) >= 11 is 0. The molecule has 0 radical (unpaired) electrons. The van der Waals surface area contributed by atoms with Crippen LogP contribution in [0.1, 0.15) is 57.6 Å². The second-order valence-corrected chi connectivity index (χ2v) is 6.53. The molecule has 1 unspecified atom stereocenters. The van der Waals surface area contributed by atoms with E-state index in [1.54, 1.807) is 0 Å². The maximum absolute atomic E-state index is 12.1. The molecule has 0 aliphatic carbocycles. The number of aliphatic hydroxyl groups excluding tert-OH is 1. The van der Waals surface area contributed by atoms with E-state index in [0.29, 0.717) is 6.54 Å². The largest absolute Gasteiger partial charge is 0.396 e. The summed E-state index contributed by atoms with van der Waals surface area (Å²) in [6.45, 7) is 8.98. The van der Waals surface area contributed by atoms with Crippen LogP contribution in [0.25, 0.3) is 0 Å². The van der Waals surface area contributed by atoms with Crippen LogP contribution >= 0.6 is 0 Å². The first kappa shape index (κ1) is 17.7. The minimum atomic E-state index is -0.123. The fourth-order valence-corrected chi connectivity index (χ4v) is 2.20. The molecular weight excluding hydrogens is 262 g/mol. The van der Waals surface area contributed by atoms with E-state index < -0.39 is 0 Å². The Hall–Kier alpha value is -1.35. The molecule has 1 rings (SSSR count). The Kier molecular flexibility index (Phi) is 6.90. The van der Waals surface area contributed by atoms with Crippen LogP contribution in [-0.2, 0) is 11.2 Å². The first-order chi connectivity index (χ1) is 9.89. The summed E-state index contributed by atoms with van der Waals surface area (Å²) in [5.41, 5.74) is 2.28. The first-order valence-electron chi connectivity index (χ1n) is 7.87. The molecule has 2 N–H and O–H groups in total. The highest BCUT2D eigenvalue weighted by Crippen LogP contribution is 2.21. The van der Waals surface area contributed by atoms with Crippen molar-refractivity contribution in [1.82, 2.24) is 5.32 Å². The molecule has 3 heteroatoms.